The van der Waals surface area contributed by atoms with Gasteiger partial charge in [0.15, 0.2) is 0 Å². The summed E-state index contributed by atoms with van der Waals surface area (Å²) in [6, 6.07) is 0. The minimum absolute atomic E-state index is 0. The van der Waals surface area contributed by atoms with Crippen molar-refractivity contribution < 1.29 is 37.2 Å². The summed E-state index contributed by atoms with van der Waals surface area (Å²) in [5.41, 5.74) is 0. The first-order valence-electron chi connectivity index (χ1n) is 0. The fourth-order valence-corrected chi connectivity index (χ4v) is 0. The van der Waals surface area contributed by atoms with E-state index in [1.807, 2.05) is 0 Å². The molecule has 0 saturated carbocycles. The van der Waals surface area contributed by atoms with Crippen LogP contribution in [0.25, 0.3) is 0 Å². The average Bonchev–Trinajstić information content (AvgIpc) is 0. The monoisotopic (exact) mass is 122 g/mol. The molecule has 0 aromatic carbocycles. The zero-order chi connectivity index (χ0) is 0. The van der Waals surface area contributed by atoms with Crippen LogP contribution in [-0.2, 0) is 0 Å². The second-order valence-electron chi connectivity index (χ2n) is 0. The van der Waals surface area contributed by atoms with Crippen LogP contribution in [0.1, 0.15) is 0 Å². The molecule has 0 rings (SSSR count). The standard InChI is InChI=1S/3ClH.H3N/h3*1H;1H3/p-3. The Kier molecular flexibility index (Phi) is 1140. The molecule has 0 aliphatic heterocycles. The topological polar surface area (TPSA) is 35.0 Å². The molecule has 0 heterocycles. The number of halogens is 3. The largest absolute Gasteiger partial charge is 1.00 e. The lowest BCUT2D eigenvalue weighted by molar-refractivity contribution is -0.00100. The van der Waals surface area contributed by atoms with Gasteiger partial charge in [-0.3, -0.25) is 0 Å². The van der Waals surface area contributed by atoms with Gasteiger partial charge in [0.2, 0.25) is 0 Å². The quantitative estimate of drug-likeness (QED) is 0.341. The van der Waals surface area contributed by atoms with Crippen molar-refractivity contribution in [3.8, 4) is 0 Å². The third-order valence-corrected chi connectivity index (χ3v) is 0. The molecule has 0 saturated heterocycles. The molecule has 32 valence electrons. The predicted octanol–water partition coefficient (Wildman–Crippen LogP) is -8.83. The summed E-state index contributed by atoms with van der Waals surface area (Å²) in [5.74, 6) is 0. The van der Waals surface area contributed by atoms with Crippen molar-refractivity contribution in [1.29, 1.82) is 0 Å². The first-order chi connectivity index (χ1) is 0. The van der Waals surface area contributed by atoms with E-state index in [1.165, 1.54) is 0 Å². The first kappa shape index (κ1) is 103. The molecule has 4 heteroatoms. The Morgan fingerprint density at radius 3 is 0.500 bits per heavy atom. The van der Waals surface area contributed by atoms with Crippen molar-refractivity contribution in [3.63, 3.8) is 0 Å². The van der Waals surface area contributed by atoms with Gasteiger partial charge in [-0.05, 0) is 0 Å². The van der Waals surface area contributed by atoms with Crippen LogP contribution < -0.4 is 43.4 Å². The van der Waals surface area contributed by atoms with E-state index in [0.29, 0.717) is 0 Å². The average molecular weight is 123 g/mol. The Morgan fingerprint density at radius 1 is 0.500 bits per heavy atom. The number of hydrogen-bond acceptors (Lipinski definition) is 1. The Labute approximate surface area is 44.0 Å². The van der Waals surface area contributed by atoms with Crippen molar-refractivity contribution >= 4 is 0 Å². The molecule has 0 radical (unpaired) electrons. The lowest BCUT2D eigenvalue weighted by atomic mass is 14.0. The molecular weight excluding hydrogens is 120 g/mol. The molecule has 0 aliphatic rings. The minimum Gasteiger partial charge on any atom is -1.00 e. The van der Waals surface area contributed by atoms with Crippen LogP contribution in [0.3, 0.4) is 0 Å². The van der Waals surface area contributed by atoms with Crippen LogP contribution in [0, 0.1) is 0 Å². The molecule has 3 N–H and O–H groups in total. The fraction of sp³-hybridized carbons (Fsp3) is 0. The molecule has 0 atom stereocenters. The van der Waals surface area contributed by atoms with E-state index < -0.39 is 0 Å². The molecule has 0 spiro atoms. The van der Waals surface area contributed by atoms with Crippen LogP contribution >= 0.6 is 0 Å². The van der Waals surface area contributed by atoms with Crippen LogP contribution in [0.5, 0.6) is 0 Å². The van der Waals surface area contributed by atoms with E-state index in [-0.39, 0.29) is 43.4 Å². The summed E-state index contributed by atoms with van der Waals surface area (Å²) >= 11 is 0. The highest BCUT2D eigenvalue weighted by molar-refractivity contribution is 2.13. The Balaban J connectivity index is 0. The van der Waals surface area contributed by atoms with Crippen LogP contribution in [0.4, 0.5) is 0 Å². The van der Waals surface area contributed by atoms with Crippen molar-refractivity contribution in [3.05, 3.63) is 0 Å². The molecule has 0 fully saturated rings. The van der Waals surface area contributed by atoms with Crippen LogP contribution in [0.15, 0.2) is 0 Å². The van der Waals surface area contributed by atoms with E-state index in [9.17, 15) is 0 Å². The molecular formula is H3Cl3N-3. The zero-order valence-corrected chi connectivity index (χ0v) is 4.11. The molecule has 0 aromatic heterocycles. The summed E-state index contributed by atoms with van der Waals surface area (Å²) in [4.78, 5) is 0. The van der Waals surface area contributed by atoms with E-state index >= 15 is 0 Å². The van der Waals surface area contributed by atoms with Gasteiger partial charge in [0.25, 0.3) is 0 Å². The first-order valence-corrected chi connectivity index (χ1v) is 0. The van der Waals surface area contributed by atoms with Gasteiger partial charge in [-0.2, -0.15) is 0 Å². The Morgan fingerprint density at radius 2 is 0.500 bits per heavy atom. The number of rotatable bonds is 0. The van der Waals surface area contributed by atoms with E-state index in [0.717, 1.165) is 0 Å². The summed E-state index contributed by atoms with van der Waals surface area (Å²) in [7, 11) is 0. The van der Waals surface area contributed by atoms with Gasteiger partial charge >= 0.3 is 0 Å². The van der Waals surface area contributed by atoms with E-state index in [4.69, 9.17) is 0 Å². The van der Waals surface area contributed by atoms with Gasteiger partial charge in [0.05, 0.1) is 0 Å². The SMILES string of the molecule is N.[Cl-].[Cl-].[Cl-]. The van der Waals surface area contributed by atoms with Gasteiger partial charge < -0.3 is 43.4 Å². The second-order valence-corrected chi connectivity index (χ2v) is 0. The van der Waals surface area contributed by atoms with Crippen LogP contribution in [0.2, 0.25) is 0 Å². The van der Waals surface area contributed by atoms with Gasteiger partial charge in [-0.1, -0.05) is 0 Å². The minimum atomic E-state index is 0. The lowest BCUT2D eigenvalue weighted by Gasteiger charge is -1.00. The van der Waals surface area contributed by atoms with Gasteiger partial charge in [-0.15, -0.1) is 0 Å². The van der Waals surface area contributed by atoms with Crippen molar-refractivity contribution in [2.24, 2.45) is 0 Å². The third-order valence-electron chi connectivity index (χ3n) is 0. The Hall–Kier alpha value is 0.830. The molecule has 0 aliphatic carbocycles. The Bertz CT molecular complexity index is 3.25. The highest BCUT2D eigenvalue weighted by Crippen LogP contribution is -0.481. The third kappa shape index (κ3) is 13.8. The maximum absolute atomic E-state index is 0. The maximum Gasteiger partial charge on any atom is -0.344 e. The molecule has 0 bridgehead atoms. The molecule has 1 nitrogen and oxygen atoms in total. The number of hydrogen-bond donors (Lipinski definition) is 1. The van der Waals surface area contributed by atoms with Crippen LogP contribution in [-0.4, -0.2) is 0 Å². The summed E-state index contributed by atoms with van der Waals surface area (Å²) < 4.78 is 0. The summed E-state index contributed by atoms with van der Waals surface area (Å²) in [5, 5.41) is 0. The van der Waals surface area contributed by atoms with Gasteiger partial charge in [0.1, 0.15) is 0 Å². The van der Waals surface area contributed by atoms with Gasteiger partial charge in [-0.25, -0.2) is 0 Å². The zero-order valence-electron chi connectivity index (χ0n) is 1.84. The van der Waals surface area contributed by atoms with Gasteiger partial charge in [0, 0.05) is 0 Å². The highest BCUT2D eigenvalue weighted by Gasteiger charge is -0.344. The normalized spacial score (nSPS) is 0. The summed E-state index contributed by atoms with van der Waals surface area (Å²) in [6.45, 7) is 0. The lowest BCUT2D eigenvalue weighted by Crippen LogP contribution is -3.00. The highest BCUT2D eigenvalue weighted by atomic mass is 35.5. The molecule has 4 heavy (non-hydrogen) atoms. The van der Waals surface area contributed by atoms with E-state index in [2.05, 4.69) is 0 Å². The van der Waals surface area contributed by atoms with Crippen molar-refractivity contribution in [2.45, 2.75) is 0 Å². The maximum atomic E-state index is 0. The molecule has 0 amide bonds. The predicted molar refractivity (Wildman–Crippen MR) is 5.02 cm³/mol. The second kappa shape index (κ2) is 44.5. The van der Waals surface area contributed by atoms with Crippen molar-refractivity contribution in [2.75, 3.05) is 0 Å². The molecule has 0 aromatic rings. The fourth-order valence-electron chi connectivity index (χ4n) is 0. The smallest absolute Gasteiger partial charge is 0.344 e. The summed E-state index contributed by atoms with van der Waals surface area (Å²) in [6.07, 6.45) is 0. The van der Waals surface area contributed by atoms with Crippen molar-refractivity contribution in [1.82, 2.24) is 6.15 Å². The molecule has 0 unspecified atom stereocenters. The van der Waals surface area contributed by atoms with E-state index in [1.54, 1.807) is 0 Å².